The fraction of sp³-hybridized carbons (Fsp3) is 0.525. The molecule has 0 bridgehead atoms. The summed E-state index contributed by atoms with van der Waals surface area (Å²) in [5.74, 6) is -5.20. The molecular weight excluding hydrogens is 1130 g/mol. The number of nitrogens with one attached hydrogen (secondary N) is 7. The number of ether oxygens (including phenoxy) is 1. The number of carbonyl (C=O) groups is 9. The molecule has 3 aromatic rings. The summed E-state index contributed by atoms with van der Waals surface area (Å²) in [6.45, 7) is 4.85. The van der Waals surface area contributed by atoms with Crippen molar-refractivity contribution < 1.29 is 68.3 Å². The number of phenols is 1. The number of nitrogens with two attached hydrogens (primary N) is 2. The number of carboxylic acid groups (broad SMARTS) is 3. The van der Waals surface area contributed by atoms with E-state index in [1.165, 1.54) is 12.1 Å². The van der Waals surface area contributed by atoms with Crippen molar-refractivity contribution in [1.29, 1.82) is 0 Å². The normalized spacial score (nSPS) is 15.0. The molecule has 0 unspecified atom stereocenters. The highest BCUT2D eigenvalue weighted by Crippen LogP contribution is 2.28. The third-order valence-corrected chi connectivity index (χ3v) is 14.0. The summed E-state index contributed by atoms with van der Waals surface area (Å²) < 4.78 is 6.12. The van der Waals surface area contributed by atoms with E-state index in [4.69, 9.17) is 16.2 Å². The standard InChI is InChI=1S/C59H88N14O14/c1-2-49(75)63-25-26-66-59(86)69-58(61)65-24-11-17-48(56(84)67-37-42-18-20-45(74)21-19-42)68-57(85)54(43-12-4-3-5-13-43)44-14-10-15-46(36-44)87-35-9-8-23-64-55(83)47(60)16-6-7-22-62-50(76)38-70-27-29-71(39-51(77)78)31-33-73(41-53(81)82)34-32-72(30-28-70)40-52(79)80/h3-5,10,12-15,18-21,36,47-48,54,74H,2,6-9,11,16-17,22-35,37-41,60H2,1H3,(H,62,76)(H,63,75)(H,64,83)(H,67,84)(H,68,85)(H,77,78)(H,79,80)(H,81,82)(H4,61,65,66,69,86)/t47-,48-,54-/m1/s1. The van der Waals surface area contributed by atoms with Crippen LogP contribution in [0.2, 0.25) is 0 Å². The number of phenolic OH excluding ortho intramolecular Hbond substituents is 1. The molecule has 0 radical (unpaired) electrons. The number of amides is 7. The molecule has 1 aliphatic heterocycles. The van der Waals surface area contributed by atoms with E-state index in [1.807, 2.05) is 35.2 Å². The molecule has 0 spiro atoms. The van der Waals surface area contributed by atoms with Crippen LogP contribution < -0.4 is 53.4 Å². The second-order valence-corrected chi connectivity index (χ2v) is 20.9. The predicted molar refractivity (Wildman–Crippen MR) is 323 cm³/mol. The van der Waals surface area contributed by atoms with E-state index >= 15 is 0 Å². The van der Waals surface area contributed by atoms with E-state index in [0.717, 1.165) is 5.56 Å². The summed E-state index contributed by atoms with van der Waals surface area (Å²) in [7, 11) is 0. The number of hydrogen-bond acceptors (Lipinski definition) is 16. The lowest BCUT2D eigenvalue weighted by Crippen LogP contribution is -2.49. The Balaban J connectivity index is 1.23. The van der Waals surface area contributed by atoms with Crippen molar-refractivity contribution in [3.63, 3.8) is 0 Å². The van der Waals surface area contributed by atoms with Crippen molar-refractivity contribution in [3.8, 4) is 11.5 Å². The van der Waals surface area contributed by atoms with Gasteiger partial charge >= 0.3 is 23.9 Å². The van der Waals surface area contributed by atoms with Crippen LogP contribution in [-0.2, 0) is 44.9 Å². The van der Waals surface area contributed by atoms with Gasteiger partial charge in [-0.3, -0.25) is 58.0 Å². The Morgan fingerprint density at radius 1 is 0.552 bits per heavy atom. The van der Waals surface area contributed by atoms with Crippen LogP contribution in [0, 0.1) is 0 Å². The number of unbranched alkanes of at least 4 members (excludes halogenated alkanes) is 2. The first-order chi connectivity index (χ1) is 41.8. The summed E-state index contributed by atoms with van der Waals surface area (Å²) in [6, 6.07) is 20.1. The molecular formula is C59H88N14O14. The van der Waals surface area contributed by atoms with E-state index in [9.17, 15) is 63.6 Å². The van der Waals surface area contributed by atoms with Crippen LogP contribution in [0.4, 0.5) is 4.79 Å². The quantitative estimate of drug-likeness (QED) is 0.0203. The maximum Gasteiger partial charge on any atom is 0.344 e. The minimum Gasteiger partial charge on any atom is -0.508 e. The maximum atomic E-state index is 14.5. The molecule has 0 aliphatic carbocycles. The van der Waals surface area contributed by atoms with E-state index in [-0.39, 0.29) is 127 Å². The molecule has 7 amide bonds. The lowest BCUT2D eigenvalue weighted by Gasteiger charge is -2.32. The van der Waals surface area contributed by atoms with Crippen LogP contribution >= 0.6 is 0 Å². The van der Waals surface area contributed by atoms with Gasteiger partial charge in [0.1, 0.15) is 17.5 Å². The first-order valence-corrected chi connectivity index (χ1v) is 29.4. The largest absolute Gasteiger partial charge is 0.508 e. The average Bonchev–Trinajstić information content (AvgIpc) is 3.05. The number of carboxylic acids is 3. The number of nitrogens with zero attached hydrogens (tertiary/aromatic N) is 5. The highest BCUT2D eigenvalue weighted by Gasteiger charge is 2.29. The van der Waals surface area contributed by atoms with Gasteiger partial charge in [-0.2, -0.15) is 4.99 Å². The second-order valence-electron chi connectivity index (χ2n) is 20.9. The van der Waals surface area contributed by atoms with Crippen LogP contribution in [-0.4, -0.2) is 229 Å². The number of carbonyl (C=O) groups excluding carboxylic acids is 6. The van der Waals surface area contributed by atoms with Crippen LogP contribution in [0.1, 0.15) is 80.9 Å². The van der Waals surface area contributed by atoms with Crippen molar-refractivity contribution in [2.75, 3.05) is 118 Å². The Kier molecular flexibility index (Phi) is 32.7. The number of rotatable bonds is 35. The second kappa shape index (κ2) is 40.0. The van der Waals surface area contributed by atoms with Crippen molar-refractivity contribution in [2.45, 2.75) is 82.8 Å². The Hall–Kier alpha value is -8.44. The molecule has 1 fully saturated rings. The van der Waals surface area contributed by atoms with Gasteiger partial charge in [-0.1, -0.05) is 61.5 Å². The Bertz CT molecular complexity index is 2660. The van der Waals surface area contributed by atoms with Gasteiger partial charge < -0.3 is 73.8 Å². The van der Waals surface area contributed by atoms with Gasteiger partial charge in [-0.15, -0.1) is 0 Å². The van der Waals surface area contributed by atoms with Gasteiger partial charge in [0.25, 0.3) is 0 Å². The van der Waals surface area contributed by atoms with E-state index in [2.05, 4.69) is 42.2 Å². The lowest BCUT2D eigenvalue weighted by atomic mass is 9.90. The number of urea groups is 1. The number of guanidine groups is 1. The Labute approximate surface area is 507 Å². The van der Waals surface area contributed by atoms with Crippen LogP contribution in [0.5, 0.6) is 11.5 Å². The summed E-state index contributed by atoms with van der Waals surface area (Å²) in [4.78, 5) is 123. The number of benzene rings is 3. The van der Waals surface area contributed by atoms with E-state index in [0.29, 0.717) is 94.6 Å². The van der Waals surface area contributed by atoms with Crippen LogP contribution in [0.15, 0.2) is 83.9 Å². The first-order valence-electron chi connectivity index (χ1n) is 29.4. The monoisotopic (exact) mass is 1220 g/mol. The molecule has 3 aromatic carbocycles. The summed E-state index contributed by atoms with van der Waals surface area (Å²) in [6.07, 6.45) is 3.46. The smallest absolute Gasteiger partial charge is 0.344 e. The summed E-state index contributed by atoms with van der Waals surface area (Å²) in [5, 5.41) is 57.8. The highest BCUT2D eigenvalue weighted by atomic mass is 16.5. The zero-order chi connectivity index (χ0) is 63.3. The third-order valence-electron chi connectivity index (χ3n) is 14.0. The molecule has 0 saturated carbocycles. The molecule has 4 rings (SSSR count). The van der Waals surface area contributed by atoms with Crippen molar-refractivity contribution >= 4 is 59.4 Å². The predicted octanol–water partition coefficient (Wildman–Crippen LogP) is -0.390. The molecule has 15 N–H and O–H groups in total. The van der Waals surface area contributed by atoms with Gasteiger partial charge in [0.15, 0.2) is 5.96 Å². The van der Waals surface area contributed by atoms with Crippen molar-refractivity contribution in [3.05, 3.63) is 95.6 Å². The molecule has 1 saturated heterocycles. The van der Waals surface area contributed by atoms with E-state index < -0.39 is 53.8 Å². The third kappa shape index (κ3) is 30.0. The Morgan fingerprint density at radius 3 is 1.69 bits per heavy atom. The lowest BCUT2D eigenvalue weighted by molar-refractivity contribution is -0.140. The van der Waals surface area contributed by atoms with Crippen LogP contribution in [0.3, 0.4) is 0 Å². The van der Waals surface area contributed by atoms with Gasteiger partial charge in [0.05, 0.1) is 44.7 Å². The average molecular weight is 1220 g/mol. The molecule has 0 aromatic heterocycles. The van der Waals surface area contributed by atoms with Gasteiger partial charge in [-0.25, -0.2) is 4.79 Å². The fourth-order valence-electron chi connectivity index (χ4n) is 9.23. The number of hydrogen-bond donors (Lipinski definition) is 13. The summed E-state index contributed by atoms with van der Waals surface area (Å²) in [5.41, 5.74) is 14.2. The van der Waals surface area contributed by atoms with E-state index in [1.54, 1.807) is 58.0 Å². The van der Waals surface area contributed by atoms with Gasteiger partial charge in [-0.05, 0) is 85.9 Å². The molecule has 1 aliphatic rings. The molecule has 1 heterocycles. The highest BCUT2D eigenvalue weighted by molar-refractivity contribution is 5.93. The molecule has 478 valence electrons. The fourth-order valence-corrected chi connectivity index (χ4v) is 9.23. The van der Waals surface area contributed by atoms with Gasteiger partial charge in [0, 0.05) is 98.0 Å². The number of aliphatic imine (C=N–C) groups is 1. The molecule has 3 atom stereocenters. The Morgan fingerprint density at radius 2 is 1.09 bits per heavy atom. The van der Waals surface area contributed by atoms with Crippen LogP contribution in [0.25, 0.3) is 0 Å². The van der Waals surface area contributed by atoms with Crippen molar-refractivity contribution in [2.24, 2.45) is 16.5 Å². The maximum absolute atomic E-state index is 14.5. The van der Waals surface area contributed by atoms with Crippen molar-refractivity contribution in [1.82, 2.24) is 56.8 Å². The zero-order valence-corrected chi connectivity index (χ0v) is 49.6. The SMILES string of the molecule is CCC(=O)NCCNC(=O)/N=C(/N)NCCC[C@@H](NC(=O)[C@H](c1ccccc1)c1cccc(OCCCCNC(=O)[C@H](N)CCCCNC(=O)CN2CCN(CC(=O)O)CCN(CC(=O)O)CCN(CC(=O)O)CC2)c1)C(=O)NCc1ccc(O)cc1. The zero-order valence-electron chi connectivity index (χ0n) is 49.6. The minimum atomic E-state index is -1.05. The topological polar surface area (TPSA) is 405 Å². The number of aromatic hydroxyl groups is 1. The molecule has 87 heavy (non-hydrogen) atoms. The number of aliphatic carboxylic acids is 3. The molecule has 28 nitrogen and oxygen atoms in total. The first kappa shape index (κ1) is 71.0. The molecule has 28 heteroatoms. The van der Waals surface area contributed by atoms with Gasteiger partial charge in [0.2, 0.25) is 29.5 Å². The summed E-state index contributed by atoms with van der Waals surface area (Å²) >= 11 is 0. The minimum absolute atomic E-state index is 0.0120.